The van der Waals surface area contributed by atoms with E-state index in [2.05, 4.69) is 0 Å². The van der Waals surface area contributed by atoms with Crippen molar-refractivity contribution in [3.05, 3.63) is 215 Å². The number of para-hydroxylation sites is 2. The highest BCUT2D eigenvalue weighted by Gasteiger charge is 2.26. The summed E-state index contributed by atoms with van der Waals surface area (Å²) in [5.41, 5.74) is 8.89. The highest BCUT2D eigenvalue weighted by atomic mass is 19.1. The Bertz CT molecular complexity index is 3120. The number of aryl methyl sites for hydroxylation is 4. The fourth-order valence-corrected chi connectivity index (χ4v) is 9.01. The van der Waals surface area contributed by atoms with Crippen LogP contribution in [0.15, 0.2) is 170 Å². The van der Waals surface area contributed by atoms with Gasteiger partial charge in [-0.2, -0.15) is 0 Å². The molecule has 0 aliphatic rings. The van der Waals surface area contributed by atoms with Crippen molar-refractivity contribution in [1.82, 2.24) is 0 Å². The molecular weight excluding hydrogens is 777 g/mol. The van der Waals surface area contributed by atoms with Crippen LogP contribution in [0, 0.1) is 51.0 Å². The Kier molecular flexibility index (Phi) is 9.52. The summed E-state index contributed by atoms with van der Waals surface area (Å²) in [6.07, 6.45) is 0. The summed E-state index contributed by atoms with van der Waals surface area (Å²) >= 11 is 0. The van der Waals surface area contributed by atoms with E-state index in [1.165, 1.54) is 0 Å². The van der Waals surface area contributed by atoms with Crippen molar-refractivity contribution < 1.29 is 17.6 Å². The molecule has 6 heteroatoms. The molecule has 0 N–H and O–H groups in total. The second kappa shape index (κ2) is 15.2. The van der Waals surface area contributed by atoms with Crippen LogP contribution in [0.3, 0.4) is 0 Å². The molecule has 302 valence electrons. The van der Waals surface area contributed by atoms with Gasteiger partial charge >= 0.3 is 0 Å². The normalized spacial score (nSPS) is 11.5. The first-order valence-electron chi connectivity index (χ1n) is 20.6. The van der Waals surface area contributed by atoms with E-state index in [1.54, 1.807) is 12.1 Å². The number of hydrogen-bond acceptors (Lipinski definition) is 2. The Morgan fingerprint density at radius 3 is 1.11 bits per heavy atom. The van der Waals surface area contributed by atoms with Crippen molar-refractivity contribution in [3.63, 3.8) is 0 Å². The zero-order valence-corrected chi connectivity index (χ0v) is 34.6. The molecule has 62 heavy (non-hydrogen) atoms. The maximum Gasteiger partial charge on any atom is 0.150 e. The predicted molar refractivity (Wildman–Crippen MR) is 249 cm³/mol. The van der Waals surface area contributed by atoms with Crippen LogP contribution in [0.25, 0.3) is 54.6 Å². The number of benzene rings is 10. The van der Waals surface area contributed by atoms with Crippen molar-refractivity contribution in [3.8, 4) is 22.3 Å². The molecule has 0 bridgehead atoms. The maximum absolute atomic E-state index is 16.5. The average Bonchev–Trinajstić information content (AvgIpc) is 3.27. The van der Waals surface area contributed by atoms with Crippen molar-refractivity contribution in [2.45, 2.75) is 27.7 Å². The molecule has 0 aliphatic carbocycles. The Morgan fingerprint density at radius 1 is 0.323 bits per heavy atom. The van der Waals surface area contributed by atoms with Gasteiger partial charge in [-0.05, 0) is 120 Å². The minimum Gasteiger partial charge on any atom is -0.307 e. The summed E-state index contributed by atoms with van der Waals surface area (Å²) in [6.45, 7) is 7.76. The second-order valence-corrected chi connectivity index (χ2v) is 16.1. The quantitative estimate of drug-likeness (QED) is 0.111. The molecule has 2 nitrogen and oxygen atoms in total. The maximum atomic E-state index is 16.5. The van der Waals surface area contributed by atoms with Crippen LogP contribution in [-0.4, -0.2) is 0 Å². The third-order valence-corrected chi connectivity index (χ3v) is 12.1. The van der Waals surface area contributed by atoms with Crippen molar-refractivity contribution in [1.29, 1.82) is 0 Å². The van der Waals surface area contributed by atoms with Gasteiger partial charge in [0.1, 0.15) is 23.3 Å². The average molecular weight is 817 g/mol. The van der Waals surface area contributed by atoms with Crippen molar-refractivity contribution >= 4 is 66.4 Å². The van der Waals surface area contributed by atoms with Gasteiger partial charge in [-0.3, -0.25) is 0 Å². The highest BCUT2D eigenvalue weighted by Crippen LogP contribution is 2.49. The first-order valence-corrected chi connectivity index (χ1v) is 20.6. The Labute approximate surface area is 357 Å². The topological polar surface area (TPSA) is 6.48 Å². The van der Waals surface area contributed by atoms with Crippen LogP contribution >= 0.6 is 0 Å². The smallest absolute Gasteiger partial charge is 0.150 e. The molecule has 10 aromatic carbocycles. The van der Waals surface area contributed by atoms with Gasteiger partial charge in [0, 0.05) is 45.4 Å². The van der Waals surface area contributed by atoms with E-state index >= 15 is 17.6 Å². The summed E-state index contributed by atoms with van der Waals surface area (Å²) < 4.78 is 64.7. The molecule has 0 amide bonds. The molecule has 0 heterocycles. The summed E-state index contributed by atoms with van der Waals surface area (Å²) in [6, 6.07) is 52.2. The Balaban J connectivity index is 1.22. The minimum atomic E-state index is -0.701. The lowest BCUT2D eigenvalue weighted by atomic mass is 9.91. The third kappa shape index (κ3) is 6.51. The molecule has 0 aromatic heterocycles. The minimum absolute atomic E-state index is 0.200. The van der Waals surface area contributed by atoms with Gasteiger partial charge in [-0.15, -0.1) is 0 Å². The number of anilines is 6. The number of rotatable bonds is 8. The fraction of sp³-hybridized carbons (Fsp3) is 0.0714. The van der Waals surface area contributed by atoms with Crippen molar-refractivity contribution in [2.75, 3.05) is 9.80 Å². The molecule has 0 atom stereocenters. The Hall–Kier alpha value is -7.44. The van der Waals surface area contributed by atoms with Gasteiger partial charge in [0.05, 0.1) is 22.7 Å². The predicted octanol–water partition coefficient (Wildman–Crippen LogP) is 16.6. The van der Waals surface area contributed by atoms with Gasteiger partial charge in [0.2, 0.25) is 0 Å². The number of hydrogen-bond donors (Lipinski definition) is 0. The lowest BCUT2D eigenvalue weighted by molar-refractivity contribution is 0.585. The molecule has 0 spiro atoms. The molecule has 0 aliphatic heterocycles. The molecule has 0 saturated heterocycles. The van der Waals surface area contributed by atoms with Crippen LogP contribution in [0.5, 0.6) is 0 Å². The molecule has 0 saturated carbocycles. The van der Waals surface area contributed by atoms with E-state index in [9.17, 15) is 0 Å². The lowest BCUT2D eigenvalue weighted by Gasteiger charge is -2.30. The van der Waals surface area contributed by atoms with Crippen LogP contribution in [0.2, 0.25) is 0 Å². The van der Waals surface area contributed by atoms with Crippen LogP contribution in [-0.2, 0) is 0 Å². The SMILES string of the molecule is Cc1ccc(C)c(-c2cc(N(c3ccccc3)c3ccc4ccc5c(N(c6ccccc6)c6cc(-c7cc(C)ccc7C)c(F)cc6F)ccc6ccc3c4c65)c(F)cc2F)c1. The van der Waals surface area contributed by atoms with E-state index in [4.69, 9.17) is 0 Å². The summed E-state index contributed by atoms with van der Waals surface area (Å²) in [7, 11) is 0. The van der Waals surface area contributed by atoms with Gasteiger partial charge in [0.15, 0.2) is 0 Å². The standard InChI is InChI=1S/C56H40F4N2/c1-33-15-17-35(3)43(27-33)45-29-53(49(59)31-47(45)57)61(39-11-7-5-8-12-39)51-25-21-37-20-24-42-52(26-22-38-19-23-41(51)55(37)56(38)42)62(40-13-9-6-10-14-40)54-30-46(48(58)32-50(54)60)44-28-34(2)16-18-36(44)4/h5-32H,1-4H3. The molecule has 0 unspecified atom stereocenters. The van der Waals surface area contributed by atoms with Crippen LogP contribution < -0.4 is 9.80 Å². The van der Waals surface area contributed by atoms with E-state index < -0.39 is 23.3 Å². The molecule has 0 fully saturated rings. The monoisotopic (exact) mass is 816 g/mol. The van der Waals surface area contributed by atoms with E-state index in [1.807, 2.05) is 183 Å². The molecule has 10 aromatic rings. The van der Waals surface area contributed by atoms with Gasteiger partial charge in [0.25, 0.3) is 0 Å². The Morgan fingerprint density at radius 2 is 0.710 bits per heavy atom. The summed E-state index contributed by atoms with van der Waals surface area (Å²) in [5, 5.41) is 5.46. The molecule has 0 radical (unpaired) electrons. The zero-order chi connectivity index (χ0) is 42.8. The lowest BCUT2D eigenvalue weighted by Crippen LogP contribution is -2.14. The van der Waals surface area contributed by atoms with E-state index in [-0.39, 0.29) is 11.4 Å². The zero-order valence-electron chi connectivity index (χ0n) is 34.6. The molecular formula is C56H40F4N2. The van der Waals surface area contributed by atoms with Crippen LogP contribution in [0.1, 0.15) is 22.3 Å². The second-order valence-electron chi connectivity index (χ2n) is 16.1. The summed E-state index contributed by atoms with van der Waals surface area (Å²) in [4.78, 5) is 3.71. The first-order chi connectivity index (χ1) is 30.0. The van der Waals surface area contributed by atoms with Gasteiger partial charge < -0.3 is 9.80 Å². The van der Waals surface area contributed by atoms with Crippen LogP contribution in [0.4, 0.5) is 51.7 Å². The fourth-order valence-electron chi connectivity index (χ4n) is 9.01. The molecule has 10 rings (SSSR count). The number of nitrogens with zero attached hydrogens (tertiary/aromatic N) is 2. The highest BCUT2D eigenvalue weighted by molar-refractivity contribution is 6.28. The first kappa shape index (κ1) is 38.7. The number of halogens is 4. The largest absolute Gasteiger partial charge is 0.307 e. The van der Waals surface area contributed by atoms with Gasteiger partial charge in [-0.25, -0.2) is 17.6 Å². The van der Waals surface area contributed by atoms with E-state index in [0.717, 1.165) is 66.7 Å². The van der Waals surface area contributed by atoms with Crippen molar-refractivity contribution in [2.24, 2.45) is 0 Å². The van der Waals surface area contributed by atoms with Gasteiger partial charge in [-0.1, -0.05) is 120 Å². The third-order valence-electron chi connectivity index (χ3n) is 12.1. The summed E-state index contributed by atoms with van der Waals surface area (Å²) in [5.74, 6) is -2.68. The van der Waals surface area contributed by atoms with E-state index in [0.29, 0.717) is 45.0 Å².